The van der Waals surface area contributed by atoms with Gasteiger partial charge in [0.1, 0.15) is 0 Å². The van der Waals surface area contributed by atoms with Crippen LogP contribution in [0.5, 0.6) is 0 Å². The van der Waals surface area contributed by atoms with Gasteiger partial charge < -0.3 is 0 Å². The van der Waals surface area contributed by atoms with E-state index in [1.54, 1.807) is 7.11 Å². The summed E-state index contributed by atoms with van der Waals surface area (Å²) in [5.41, 5.74) is 0. The maximum absolute atomic E-state index is 11.8. The van der Waals surface area contributed by atoms with Crippen LogP contribution in [0.25, 0.3) is 0 Å². The Labute approximate surface area is 154 Å². The Morgan fingerprint density at radius 2 is 1.08 bits per heavy atom. The molecule has 0 aromatic heterocycles. The van der Waals surface area contributed by atoms with E-state index in [0.29, 0.717) is 0 Å². The van der Waals surface area contributed by atoms with Crippen molar-refractivity contribution in [3.8, 4) is 0 Å². The zero-order valence-corrected chi connectivity index (χ0v) is 15.9. The number of esters is 1. The molecule has 0 unspecified atom stereocenters. The van der Waals surface area contributed by atoms with Gasteiger partial charge in [0.15, 0.2) is 0 Å². The van der Waals surface area contributed by atoms with Crippen LogP contribution in [0.2, 0.25) is 0 Å². The number of carbonyl (C=O) groups excluding carboxylic acids is 1. The Kier molecular flexibility index (Phi) is 5.22. The maximum atomic E-state index is 11.8. The van der Waals surface area contributed by atoms with Crippen molar-refractivity contribution in [2.24, 2.45) is 0 Å². The van der Waals surface area contributed by atoms with Crippen molar-refractivity contribution in [1.29, 1.82) is 0 Å². The first kappa shape index (κ1) is 18.3. The molecule has 0 N–H and O–H groups in total. The third-order valence-electron chi connectivity index (χ3n) is 4.82. The number of rotatable bonds is 6. The molecule has 0 spiro atoms. The number of carbonyl (C=O) groups is 1. The van der Waals surface area contributed by atoms with Crippen molar-refractivity contribution in [2.75, 3.05) is 13.5 Å². The van der Waals surface area contributed by atoms with Crippen LogP contribution >= 0.6 is 6.83 Å². The van der Waals surface area contributed by atoms with E-state index in [-0.39, 0.29) is 12.3 Å². The molecule has 3 rings (SSSR count). The van der Waals surface area contributed by atoms with Crippen LogP contribution in [0.15, 0.2) is 91.0 Å². The van der Waals surface area contributed by atoms with E-state index in [4.69, 9.17) is 9.26 Å². The predicted octanol–water partition coefficient (Wildman–Crippen LogP) is 3.60. The third kappa shape index (κ3) is 2.84. The molecule has 0 saturated heterocycles. The average Bonchev–Trinajstić information content (AvgIpc) is 2.72. The van der Waals surface area contributed by atoms with Crippen LogP contribution in [0.4, 0.5) is 0 Å². The molecule has 0 aliphatic rings. The van der Waals surface area contributed by atoms with Crippen LogP contribution in [-0.2, 0) is 14.1 Å². The second kappa shape index (κ2) is 7.41. The zero-order chi connectivity index (χ0) is 18.5. The van der Waals surface area contributed by atoms with E-state index in [2.05, 4.69) is 36.4 Å². The molecule has 4 heteroatoms. The van der Waals surface area contributed by atoms with Crippen LogP contribution in [-0.4, -0.2) is 19.4 Å². The van der Waals surface area contributed by atoms with E-state index in [0.717, 1.165) is 15.9 Å². The first-order chi connectivity index (χ1) is 12.6. The van der Waals surface area contributed by atoms with Crippen LogP contribution in [0.1, 0.15) is 6.92 Å². The van der Waals surface area contributed by atoms with Crippen molar-refractivity contribution in [3.05, 3.63) is 91.0 Å². The SMILES string of the molecule is COP(COC(C)=O)(c1ccccc1)(c1ccccc1)c1ccccc1. The Hall–Kier alpha value is -2.48. The monoisotopic (exact) mass is 366 g/mol. The van der Waals surface area contributed by atoms with Crippen LogP contribution in [0, 0.1) is 0 Å². The van der Waals surface area contributed by atoms with Crippen molar-refractivity contribution < 1.29 is 14.1 Å². The predicted molar refractivity (Wildman–Crippen MR) is 109 cm³/mol. The summed E-state index contributed by atoms with van der Waals surface area (Å²) in [6.45, 7) is -2.03. The van der Waals surface area contributed by atoms with E-state index < -0.39 is 6.83 Å². The van der Waals surface area contributed by atoms with E-state index in [1.165, 1.54) is 6.92 Å². The van der Waals surface area contributed by atoms with Crippen molar-refractivity contribution in [3.63, 3.8) is 0 Å². The molecule has 0 radical (unpaired) electrons. The molecule has 0 amide bonds. The summed E-state index contributed by atoms with van der Waals surface area (Å²) < 4.78 is 12.1. The van der Waals surface area contributed by atoms with E-state index >= 15 is 0 Å². The Bertz CT molecular complexity index is 764. The molecule has 0 atom stereocenters. The van der Waals surface area contributed by atoms with Crippen LogP contribution < -0.4 is 15.9 Å². The Morgan fingerprint density at radius 1 is 0.731 bits per heavy atom. The first-order valence-electron chi connectivity index (χ1n) is 8.51. The van der Waals surface area contributed by atoms with Gasteiger partial charge in [0.05, 0.1) is 0 Å². The van der Waals surface area contributed by atoms with E-state index in [1.807, 2.05) is 54.6 Å². The van der Waals surface area contributed by atoms with Crippen LogP contribution in [0.3, 0.4) is 0 Å². The molecular weight excluding hydrogens is 343 g/mol. The summed E-state index contributed by atoms with van der Waals surface area (Å²) in [5.74, 6) is -0.321. The second-order valence-corrected chi connectivity index (χ2v) is 10.8. The van der Waals surface area contributed by atoms with Crippen molar-refractivity contribution in [2.45, 2.75) is 6.92 Å². The summed E-state index contributed by atoms with van der Waals surface area (Å²) in [5, 5.41) is 3.08. The summed E-state index contributed by atoms with van der Waals surface area (Å²) in [6.07, 6.45) is 0.162. The molecule has 0 saturated carbocycles. The van der Waals surface area contributed by atoms with Gasteiger partial charge in [0.25, 0.3) is 0 Å². The Morgan fingerprint density at radius 3 is 1.35 bits per heavy atom. The molecule has 3 nitrogen and oxygen atoms in total. The summed E-state index contributed by atoms with van der Waals surface area (Å²) in [4.78, 5) is 11.8. The number of ether oxygens (including phenoxy) is 1. The average molecular weight is 366 g/mol. The van der Waals surface area contributed by atoms with Gasteiger partial charge in [-0.15, -0.1) is 0 Å². The van der Waals surface area contributed by atoms with Gasteiger partial charge in [-0.25, -0.2) is 0 Å². The minimum atomic E-state index is -3.46. The standard InChI is InChI=1S/C22H23O3P/c1-19(23)25-18-26(24-2,20-12-6-3-7-13-20,21-14-8-4-9-15-21)22-16-10-5-11-17-22/h3-17H,18H2,1-2H3. The molecule has 26 heavy (non-hydrogen) atoms. The molecule has 0 heterocycles. The first-order valence-corrected chi connectivity index (χ1v) is 10.8. The fraction of sp³-hybridized carbons (Fsp3) is 0.136. The number of hydrogen-bond donors (Lipinski definition) is 0. The van der Waals surface area contributed by atoms with Gasteiger partial charge in [-0.05, 0) is 0 Å². The summed E-state index contributed by atoms with van der Waals surface area (Å²) in [6, 6.07) is 30.3. The summed E-state index contributed by atoms with van der Waals surface area (Å²) in [7, 11) is 1.72. The fourth-order valence-corrected chi connectivity index (χ4v) is 8.40. The minimum absolute atomic E-state index is 0.162. The normalized spacial score (nSPS) is 12.8. The third-order valence-corrected chi connectivity index (χ3v) is 10.4. The van der Waals surface area contributed by atoms with Gasteiger partial charge in [0.2, 0.25) is 0 Å². The molecule has 0 fully saturated rings. The molecule has 134 valence electrons. The quantitative estimate of drug-likeness (QED) is 0.494. The molecule has 3 aromatic carbocycles. The van der Waals surface area contributed by atoms with Gasteiger partial charge in [0, 0.05) is 0 Å². The molecule has 3 aromatic rings. The zero-order valence-electron chi connectivity index (χ0n) is 15.0. The van der Waals surface area contributed by atoms with E-state index in [9.17, 15) is 4.79 Å². The van der Waals surface area contributed by atoms with Gasteiger partial charge in [-0.2, -0.15) is 0 Å². The summed E-state index contributed by atoms with van der Waals surface area (Å²) >= 11 is 0. The Balaban J connectivity index is 2.44. The number of benzene rings is 3. The topological polar surface area (TPSA) is 35.5 Å². The van der Waals surface area contributed by atoms with Gasteiger partial charge in [-0.1, -0.05) is 0 Å². The number of hydrogen-bond acceptors (Lipinski definition) is 3. The molecular formula is C22H23O3P. The van der Waals surface area contributed by atoms with Crippen molar-refractivity contribution >= 4 is 28.7 Å². The molecule has 0 aliphatic heterocycles. The fourth-order valence-electron chi connectivity index (χ4n) is 3.48. The molecule has 0 aliphatic carbocycles. The van der Waals surface area contributed by atoms with Gasteiger partial charge in [-0.3, -0.25) is 0 Å². The van der Waals surface area contributed by atoms with Gasteiger partial charge >= 0.3 is 154 Å². The molecule has 0 bridgehead atoms. The second-order valence-electron chi connectivity index (χ2n) is 6.17. The van der Waals surface area contributed by atoms with Crippen molar-refractivity contribution in [1.82, 2.24) is 0 Å².